The van der Waals surface area contributed by atoms with Gasteiger partial charge < -0.3 is 5.11 Å². The van der Waals surface area contributed by atoms with Crippen LogP contribution < -0.4 is 0 Å². The van der Waals surface area contributed by atoms with Gasteiger partial charge in [0.2, 0.25) is 0 Å². The first-order valence-electron chi connectivity index (χ1n) is 18.1. The molecular formula is C43H53IrN2O2S3-. The molecule has 0 saturated heterocycles. The van der Waals surface area contributed by atoms with Crippen molar-refractivity contribution in [2.45, 2.75) is 120 Å². The molecule has 0 saturated carbocycles. The molecule has 0 fully saturated rings. The van der Waals surface area contributed by atoms with Gasteiger partial charge in [0, 0.05) is 72.5 Å². The number of rotatable bonds is 10. The summed E-state index contributed by atoms with van der Waals surface area (Å²) in [5, 5.41) is 16.2. The first-order chi connectivity index (χ1) is 23.7. The Kier molecular flexibility index (Phi) is 13.2. The van der Waals surface area contributed by atoms with Crippen molar-refractivity contribution < 1.29 is 30.0 Å². The molecule has 8 heteroatoms. The molecule has 6 rings (SSSR count). The van der Waals surface area contributed by atoms with E-state index in [0.29, 0.717) is 0 Å². The molecule has 0 amide bonds. The Balaban J connectivity index is 0.000000279. The van der Waals surface area contributed by atoms with Crippen LogP contribution in [0.2, 0.25) is 0 Å². The van der Waals surface area contributed by atoms with Crippen LogP contribution in [-0.2, 0) is 36.7 Å². The number of aromatic nitrogens is 2. The largest absolute Gasteiger partial charge is 0.512 e. The molecule has 4 aromatic heterocycles. The Bertz CT molecular complexity index is 2190. The SMILES string of the molecule is CCC(C)(CC)C(=O)/C=C(\O)C(C)(CC)CC.CCCc1c(C)sc2ccc3sc4c(-c5[c-]c6ccsc6c(C(C)(C)C)c5)ncnc4c3c12.[Ir]. The minimum atomic E-state index is -0.337. The van der Waals surface area contributed by atoms with Gasteiger partial charge in [-0.3, -0.25) is 9.78 Å². The molecule has 0 aliphatic carbocycles. The molecule has 275 valence electrons. The van der Waals surface area contributed by atoms with E-state index in [9.17, 15) is 9.90 Å². The van der Waals surface area contributed by atoms with E-state index < -0.39 is 0 Å². The molecule has 6 aromatic rings. The monoisotopic (exact) mass is 918 g/mol. The van der Waals surface area contributed by atoms with Gasteiger partial charge in [-0.25, -0.2) is 4.98 Å². The average molecular weight is 918 g/mol. The van der Waals surface area contributed by atoms with Crippen molar-refractivity contribution in [2.75, 3.05) is 0 Å². The van der Waals surface area contributed by atoms with E-state index in [1.165, 1.54) is 52.3 Å². The van der Waals surface area contributed by atoms with Gasteiger partial charge in [0.25, 0.3) is 0 Å². The number of carbonyl (C=O) groups excluding carboxylic acids is 1. The van der Waals surface area contributed by atoms with Crippen molar-refractivity contribution in [3.63, 3.8) is 0 Å². The number of hydrogen-bond donors (Lipinski definition) is 1. The average Bonchev–Trinajstić information content (AvgIpc) is 3.81. The standard InChI is InChI=1S/C28H25N2S3.C15H28O2.Ir/c1-6-7-18-15(2)32-20-8-9-21-23(22(18)20)25-27(33-21)24(29-14-30-25)17-12-16-10-11-31-26(16)19(13-17)28(3,4)5;1-7-14(5,8-2)12(16)11-13(17)15(6,9-3)10-4;/h8-11,13-14H,6-7H2,1-5H3;11,16H,7-10H2,1-6H3;/q-1;;/b;12-11-;. The Hall–Kier alpha value is -2.48. The zero-order valence-corrected chi connectivity index (χ0v) is 36.9. The topological polar surface area (TPSA) is 63.1 Å². The summed E-state index contributed by atoms with van der Waals surface area (Å²) in [7, 11) is 0. The normalized spacial score (nSPS) is 12.8. The van der Waals surface area contributed by atoms with Crippen LogP contribution in [0.1, 0.15) is 117 Å². The third-order valence-corrected chi connectivity index (χ3v) is 14.2. The molecule has 0 atom stereocenters. The molecule has 1 radical (unpaired) electrons. The molecule has 0 spiro atoms. The summed E-state index contributed by atoms with van der Waals surface area (Å²) in [5.41, 5.74) is 5.44. The van der Waals surface area contributed by atoms with Gasteiger partial charge in [-0.15, -0.1) is 46.3 Å². The van der Waals surface area contributed by atoms with Crippen molar-refractivity contribution in [1.82, 2.24) is 9.97 Å². The van der Waals surface area contributed by atoms with Crippen LogP contribution >= 0.6 is 34.0 Å². The van der Waals surface area contributed by atoms with Crippen LogP contribution in [0, 0.1) is 23.8 Å². The number of carbonyl (C=O) groups is 1. The van der Waals surface area contributed by atoms with Crippen molar-refractivity contribution in [3.8, 4) is 11.3 Å². The fourth-order valence-corrected chi connectivity index (χ4v) is 9.91. The van der Waals surface area contributed by atoms with Gasteiger partial charge in [0.1, 0.15) is 12.1 Å². The third kappa shape index (κ3) is 7.92. The van der Waals surface area contributed by atoms with Gasteiger partial charge >= 0.3 is 0 Å². The van der Waals surface area contributed by atoms with Gasteiger partial charge in [0.05, 0.1) is 5.52 Å². The number of fused-ring (bicyclic) bond motifs is 6. The zero-order valence-electron chi connectivity index (χ0n) is 32.1. The maximum Gasteiger partial charge on any atom is 0.164 e. The predicted octanol–water partition coefficient (Wildman–Crippen LogP) is 13.9. The quantitative estimate of drug-likeness (QED) is 0.0845. The predicted molar refractivity (Wildman–Crippen MR) is 220 cm³/mol. The Morgan fingerprint density at radius 3 is 2.08 bits per heavy atom. The minimum Gasteiger partial charge on any atom is -0.512 e. The number of allylic oxidation sites excluding steroid dienone is 2. The van der Waals surface area contributed by atoms with Crippen LogP contribution in [0.25, 0.3) is 51.7 Å². The number of hydrogen-bond acceptors (Lipinski definition) is 7. The van der Waals surface area contributed by atoms with Gasteiger partial charge in [-0.2, -0.15) is 11.3 Å². The summed E-state index contributed by atoms with van der Waals surface area (Å²) in [6.07, 6.45) is 8.75. The molecule has 0 bridgehead atoms. The number of aryl methyl sites for hydroxylation is 2. The van der Waals surface area contributed by atoms with E-state index in [1.807, 2.05) is 64.2 Å². The zero-order chi connectivity index (χ0) is 36.6. The molecule has 4 nitrogen and oxygen atoms in total. The van der Waals surface area contributed by atoms with Crippen molar-refractivity contribution in [3.05, 3.63) is 69.9 Å². The fraction of sp³-hybridized carbons (Fsp3) is 0.465. The van der Waals surface area contributed by atoms with E-state index in [1.54, 1.807) is 17.7 Å². The Morgan fingerprint density at radius 1 is 0.863 bits per heavy atom. The van der Waals surface area contributed by atoms with Gasteiger partial charge in [-0.05, 0) is 72.2 Å². The number of ketones is 1. The van der Waals surface area contributed by atoms with E-state index in [2.05, 4.69) is 70.3 Å². The summed E-state index contributed by atoms with van der Waals surface area (Å²) in [6, 6.07) is 12.7. The van der Waals surface area contributed by atoms with Crippen LogP contribution in [0.3, 0.4) is 0 Å². The number of aliphatic hydroxyl groups excluding tert-OH is 1. The van der Waals surface area contributed by atoms with Crippen molar-refractivity contribution >= 4 is 80.3 Å². The second kappa shape index (κ2) is 16.3. The van der Waals surface area contributed by atoms with E-state index in [0.717, 1.165) is 60.0 Å². The Morgan fingerprint density at radius 2 is 1.49 bits per heavy atom. The summed E-state index contributed by atoms with van der Waals surface area (Å²) >= 11 is 5.53. The molecule has 4 heterocycles. The van der Waals surface area contributed by atoms with Crippen LogP contribution in [0.15, 0.2) is 47.8 Å². The molecule has 0 aliphatic heterocycles. The van der Waals surface area contributed by atoms with Gasteiger partial charge in [-0.1, -0.05) is 86.8 Å². The molecule has 2 aromatic carbocycles. The number of nitrogens with zero attached hydrogens (tertiary/aromatic N) is 2. The first-order valence-corrected chi connectivity index (χ1v) is 20.7. The Labute approximate surface area is 330 Å². The molecule has 51 heavy (non-hydrogen) atoms. The van der Waals surface area contributed by atoms with E-state index in [-0.39, 0.29) is 47.9 Å². The maximum atomic E-state index is 12.2. The molecule has 0 unspecified atom stereocenters. The second-order valence-corrected chi connectivity index (χ2v) is 18.4. The van der Waals surface area contributed by atoms with Crippen LogP contribution in [0.4, 0.5) is 0 Å². The first kappa shape index (κ1) is 41.3. The second-order valence-electron chi connectivity index (χ2n) is 15.1. The molecule has 1 N–H and O–H groups in total. The van der Waals surface area contributed by atoms with E-state index >= 15 is 0 Å². The van der Waals surface area contributed by atoms with Crippen LogP contribution in [0.5, 0.6) is 0 Å². The van der Waals surface area contributed by atoms with Crippen molar-refractivity contribution in [1.29, 1.82) is 0 Å². The number of aliphatic hydroxyl groups is 1. The summed E-state index contributed by atoms with van der Waals surface area (Å²) < 4.78 is 5.15. The molecular weight excluding hydrogens is 865 g/mol. The maximum absolute atomic E-state index is 12.2. The minimum absolute atomic E-state index is 0. The number of thiophene rings is 3. The van der Waals surface area contributed by atoms with Gasteiger partial charge in [0.15, 0.2) is 5.78 Å². The van der Waals surface area contributed by atoms with Crippen LogP contribution in [-0.4, -0.2) is 20.9 Å². The van der Waals surface area contributed by atoms with E-state index in [4.69, 9.17) is 9.97 Å². The smallest absolute Gasteiger partial charge is 0.164 e. The molecule has 0 aliphatic rings. The number of benzene rings is 2. The van der Waals surface area contributed by atoms with Crippen molar-refractivity contribution in [2.24, 2.45) is 10.8 Å². The fourth-order valence-electron chi connectivity index (χ4n) is 6.55. The summed E-state index contributed by atoms with van der Waals surface area (Å²) in [6.45, 7) is 23.5. The summed E-state index contributed by atoms with van der Waals surface area (Å²) in [5.74, 6) is 0.286. The third-order valence-electron chi connectivity index (χ3n) is 11.0. The summed E-state index contributed by atoms with van der Waals surface area (Å²) in [4.78, 5) is 23.2.